The van der Waals surface area contributed by atoms with Gasteiger partial charge in [-0.2, -0.15) is 4.31 Å². The van der Waals surface area contributed by atoms with E-state index in [0.717, 1.165) is 12.8 Å². The average Bonchev–Trinajstić information content (AvgIpc) is 3.10. The predicted octanol–water partition coefficient (Wildman–Crippen LogP) is 1.70. The zero-order valence-electron chi connectivity index (χ0n) is 13.0. The van der Waals surface area contributed by atoms with Gasteiger partial charge in [0.15, 0.2) is 0 Å². The van der Waals surface area contributed by atoms with Crippen molar-refractivity contribution in [2.45, 2.75) is 30.7 Å². The molecule has 1 aliphatic heterocycles. The summed E-state index contributed by atoms with van der Waals surface area (Å²) in [6.45, 7) is 3.42. The van der Waals surface area contributed by atoms with Gasteiger partial charge in [-0.05, 0) is 44.0 Å². The zero-order chi connectivity index (χ0) is 16.3. The van der Waals surface area contributed by atoms with Gasteiger partial charge in [-0.1, -0.05) is 5.21 Å². The van der Waals surface area contributed by atoms with Crippen LogP contribution < -0.4 is 4.74 Å². The second-order valence-corrected chi connectivity index (χ2v) is 7.36. The predicted molar refractivity (Wildman–Crippen MR) is 84.7 cm³/mol. The monoisotopic (exact) mass is 336 g/mol. The Balaban J connectivity index is 1.68. The molecule has 1 saturated heterocycles. The lowest BCUT2D eigenvalue weighted by Crippen LogP contribution is -2.39. The fourth-order valence-corrected chi connectivity index (χ4v) is 4.25. The lowest BCUT2D eigenvalue weighted by atomic mass is 10.1. The minimum Gasteiger partial charge on any atom is -0.494 e. The van der Waals surface area contributed by atoms with Crippen molar-refractivity contribution >= 4 is 10.0 Å². The number of benzene rings is 1. The Hall–Kier alpha value is -1.93. The van der Waals surface area contributed by atoms with Gasteiger partial charge in [0.05, 0.1) is 23.7 Å². The largest absolute Gasteiger partial charge is 0.494 e. The minimum absolute atomic E-state index is 0.212. The fraction of sp³-hybridized carbons (Fsp3) is 0.467. The van der Waals surface area contributed by atoms with Crippen LogP contribution in [0.2, 0.25) is 0 Å². The maximum atomic E-state index is 12.7. The molecule has 0 spiro atoms. The number of rotatable bonds is 5. The van der Waals surface area contributed by atoms with Crippen molar-refractivity contribution in [1.82, 2.24) is 19.3 Å². The van der Waals surface area contributed by atoms with Crippen LogP contribution in [-0.4, -0.2) is 47.4 Å². The van der Waals surface area contributed by atoms with E-state index in [1.807, 2.05) is 13.1 Å². The number of ether oxygens (including phenoxy) is 1. The molecule has 0 unspecified atom stereocenters. The van der Waals surface area contributed by atoms with Crippen molar-refractivity contribution in [3.63, 3.8) is 0 Å². The molecule has 3 rings (SSSR count). The summed E-state index contributed by atoms with van der Waals surface area (Å²) in [5.41, 5.74) is 0. The first-order valence-corrected chi connectivity index (χ1v) is 9.14. The molecule has 0 bridgehead atoms. The van der Waals surface area contributed by atoms with Gasteiger partial charge in [-0.25, -0.2) is 13.1 Å². The lowest BCUT2D eigenvalue weighted by molar-refractivity contribution is 0.258. The summed E-state index contributed by atoms with van der Waals surface area (Å²) >= 11 is 0. The first kappa shape index (κ1) is 15.9. The Morgan fingerprint density at radius 3 is 2.48 bits per heavy atom. The molecule has 7 nitrogen and oxygen atoms in total. The van der Waals surface area contributed by atoms with E-state index >= 15 is 0 Å². The van der Waals surface area contributed by atoms with Crippen LogP contribution in [0.3, 0.4) is 0 Å². The normalized spacial score (nSPS) is 17.3. The topological polar surface area (TPSA) is 77.3 Å². The van der Waals surface area contributed by atoms with Gasteiger partial charge in [0.1, 0.15) is 5.75 Å². The summed E-state index contributed by atoms with van der Waals surface area (Å²) in [5.74, 6) is 0.677. The van der Waals surface area contributed by atoms with Gasteiger partial charge in [-0.3, -0.25) is 0 Å². The first-order chi connectivity index (χ1) is 11.1. The maximum absolute atomic E-state index is 12.7. The third-order valence-electron chi connectivity index (χ3n) is 4.01. The summed E-state index contributed by atoms with van der Waals surface area (Å²) in [7, 11) is -3.45. The lowest BCUT2D eigenvalue weighted by Gasteiger charge is -2.31. The van der Waals surface area contributed by atoms with E-state index in [1.54, 1.807) is 35.1 Å². The van der Waals surface area contributed by atoms with Crippen molar-refractivity contribution in [3.05, 3.63) is 36.7 Å². The van der Waals surface area contributed by atoms with E-state index in [1.165, 1.54) is 4.31 Å². The third kappa shape index (κ3) is 3.37. The highest BCUT2D eigenvalue weighted by molar-refractivity contribution is 7.89. The van der Waals surface area contributed by atoms with Crippen molar-refractivity contribution in [3.8, 4) is 5.75 Å². The highest BCUT2D eigenvalue weighted by Gasteiger charge is 2.30. The van der Waals surface area contributed by atoms with E-state index in [-0.39, 0.29) is 6.04 Å². The van der Waals surface area contributed by atoms with Crippen LogP contribution in [-0.2, 0) is 10.0 Å². The molecule has 2 heterocycles. The number of aromatic nitrogens is 3. The molecule has 23 heavy (non-hydrogen) atoms. The molecule has 1 aliphatic rings. The molecule has 0 N–H and O–H groups in total. The number of hydrogen-bond acceptors (Lipinski definition) is 5. The smallest absolute Gasteiger partial charge is 0.243 e. The van der Waals surface area contributed by atoms with Crippen LogP contribution in [0.5, 0.6) is 5.75 Å². The molecule has 1 aromatic carbocycles. The number of sulfonamides is 1. The Morgan fingerprint density at radius 1 is 1.22 bits per heavy atom. The van der Waals surface area contributed by atoms with E-state index in [2.05, 4.69) is 10.3 Å². The van der Waals surface area contributed by atoms with Gasteiger partial charge in [0.25, 0.3) is 0 Å². The Kier molecular flexibility index (Phi) is 4.63. The third-order valence-corrected chi connectivity index (χ3v) is 5.92. The first-order valence-electron chi connectivity index (χ1n) is 7.70. The summed E-state index contributed by atoms with van der Waals surface area (Å²) in [6, 6.07) is 6.80. The van der Waals surface area contributed by atoms with E-state index in [0.29, 0.717) is 30.3 Å². The van der Waals surface area contributed by atoms with Gasteiger partial charge in [0, 0.05) is 19.3 Å². The summed E-state index contributed by atoms with van der Waals surface area (Å²) < 4.78 is 34.1. The molecular formula is C15H20N4O3S. The van der Waals surface area contributed by atoms with Crippen LogP contribution in [0.15, 0.2) is 41.6 Å². The molecule has 0 aliphatic carbocycles. The van der Waals surface area contributed by atoms with Crippen molar-refractivity contribution in [2.24, 2.45) is 0 Å². The zero-order valence-corrected chi connectivity index (χ0v) is 13.8. The van der Waals surface area contributed by atoms with Gasteiger partial charge < -0.3 is 4.74 Å². The molecule has 2 aromatic rings. The van der Waals surface area contributed by atoms with Crippen molar-refractivity contribution in [2.75, 3.05) is 19.7 Å². The summed E-state index contributed by atoms with van der Waals surface area (Å²) in [6.07, 6.45) is 4.93. The standard InChI is InChI=1S/C15H20N4O3S/c1-2-22-14-3-5-15(6-4-14)23(20,21)18-10-7-13(8-11-18)19-12-9-16-17-19/h3-6,9,12-13H,2,7-8,10-11H2,1H3. The number of hydrogen-bond donors (Lipinski definition) is 0. The molecule has 1 fully saturated rings. The molecule has 1 aromatic heterocycles. The molecule has 0 radical (unpaired) electrons. The van der Waals surface area contributed by atoms with E-state index in [9.17, 15) is 8.42 Å². The van der Waals surface area contributed by atoms with Crippen LogP contribution in [0.4, 0.5) is 0 Å². The van der Waals surface area contributed by atoms with Crippen LogP contribution in [0, 0.1) is 0 Å². The SMILES string of the molecule is CCOc1ccc(S(=O)(=O)N2CCC(n3ccnn3)CC2)cc1. The highest BCUT2D eigenvalue weighted by Crippen LogP contribution is 2.27. The molecule has 0 saturated carbocycles. The Bertz CT molecular complexity index is 721. The van der Waals surface area contributed by atoms with Crippen LogP contribution in [0.25, 0.3) is 0 Å². The van der Waals surface area contributed by atoms with Crippen LogP contribution >= 0.6 is 0 Å². The summed E-state index contributed by atoms with van der Waals surface area (Å²) in [4.78, 5) is 0.306. The maximum Gasteiger partial charge on any atom is 0.243 e. The molecule has 0 atom stereocenters. The Morgan fingerprint density at radius 2 is 1.91 bits per heavy atom. The van der Waals surface area contributed by atoms with Gasteiger partial charge >= 0.3 is 0 Å². The quantitative estimate of drug-likeness (QED) is 0.830. The number of nitrogens with zero attached hydrogens (tertiary/aromatic N) is 4. The Labute approximate surface area is 135 Å². The molecule has 0 amide bonds. The minimum atomic E-state index is -3.45. The molecule has 124 valence electrons. The average molecular weight is 336 g/mol. The van der Waals surface area contributed by atoms with Crippen molar-refractivity contribution < 1.29 is 13.2 Å². The van der Waals surface area contributed by atoms with Gasteiger partial charge in [0.2, 0.25) is 10.0 Å². The number of piperidine rings is 1. The second-order valence-electron chi connectivity index (χ2n) is 5.42. The van der Waals surface area contributed by atoms with Crippen LogP contribution in [0.1, 0.15) is 25.8 Å². The molecular weight excluding hydrogens is 316 g/mol. The van der Waals surface area contributed by atoms with E-state index < -0.39 is 10.0 Å². The van der Waals surface area contributed by atoms with Gasteiger partial charge in [-0.15, -0.1) is 5.10 Å². The summed E-state index contributed by atoms with van der Waals surface area (Å²) in [5, 5.41) is 7.80. The highest BCUT2D eigenvalue weighted by atomic mass is 32.2. The van der Waals surface area contributed by atoms with Crippen molar-refractivity contribution in [1.29, 1.82) is 0 Å². The fourth-order valence-electron chi connectivity index (χ4n) is 2.78. The molecule has 8 heteroatoms. The van der Waals surface area contributed by atoms with E-state index in [4.69, 9.17) is 4.74 Å². The second kappa shape index (κ2) is 6.67.